The summed E-state index contributed by atoms with van der Waals surface area (Å²) < 4.78 is 5.43. The zero-order chi connectivity index (χ0) is 19.9. The lowest BCUT2D eigenvalue weighted by Gasteiger charge is -2.19. The molecule has 0 fully saturated rings. The summed E-state index contributed by atoms with van der Waals surface area (Å²) in [5, 5.41) is 1.67. The van der Waals surface area contributed by atoms with Gasteiger partial charge in [-0.3, -0.25) is 0 Å². The van der Waals surface area contributed by atoms with Crippen LogP contribution in [0.3, 0.4) is 0 Å². The smallest absolute Gasteiger partial charge is 0.336 e. The van der Waals surface area contributed by atoms with Crippen molar-refractivity contribution < 1.29 is 4.42 Å². The Hall–Kier alpha value is -2.84. The first-order valence-corrected chi connectivity index (χ1v) is 9.64. The van der Waals surface area contributed by atoms with E-state index in [0.717, 1.165) is 32.7 Å². The molecule has 28 heavy (non-hydrogen) atoms. The van der Waals surface area contributed by atoms with E-state index < -0.39 is 0 Å². The fourth-order valence-corrected chi connectivity index (χ4v) is 3.48. The molecule has 2 nitrogen and oxygen atoms in total. The van der Waals surface area contributed by atoms with E-state index >= 15 is 0 Å². The third-order valence-electron chi connectivity index (χ3n) is 4.98. The summed E-state index contributed by atoms with van der Waals surface area (Å²) in [6, 6.07) is 23.6. The van der Waals surface area contributed by atoms with Gasteiger partial charge >= 0.3 is 5.63 Å². The Morgan fingerprint density at radius 2 is 1.32 bits per heavy atom. The highest BCUT2D eigenvalue weighted by Crippen LogP contribution is 2.33. The zero-order valence-electron chi connectivity index (χ0n) is 16.1. The van der Waals surface area contributed by atoms with Crippen molar-refractivity contribution >= 4 is 22.6 Å². The van der Waals surface area contributed by atoms with Crippen molar-refractivity contribution in [1.82, 2.24) is 0 Å². The first-order chi connectivity index (χ1) is 13.3. The Labute approximate surface area is 169 Å². The average molecular weight is 389 g/mol. The van der Waals surface area contributed by atoms with E-state index in [9.17, 15) is 4.79 Å². The Morgan fingerprint density at radius 1 is 0.750 bits per heavy atom. The SMILES string of the molecule is CC(C)(C)c1ccc2oc(=O)cc(-c3ccc(-c4ccc(Cl)cc4)cc3)c2c1. The third-order valence-corrected chi connectivity index (χ3v) is 5.23. The van der Waals surface area contributed by atoms with E-state index in [4.69, 9.17) is 16.0 Å². The topological polar surface area (TPSA) is 30.2 Å². The lowest BCUT2D eigenvalue weighted by atomic mass is 9.85. The van der Waals surface area contributed by atoms with Crippen molar-refractivity contribution in [2.45, 2.75) is 26.2 Å². The summed E-state index contributed by atoms with van der Waals surface area (Å²) >= 11 is 5.98. The van der Waals surface area contributed by atoms with Crippen LogP contribution in [0.5, 0.6) is 0 Å². The van der Waals surface area contributed by atoms with Gasteiger partial charge in [0.1, 0.15) is 5.58 Å². The van der Waals surface area contributed by atoms with Crippen LogP contribution in [0.25, 0.3) is 33.2 Å². The second-order valence-corrected chi connectivity index (χ2v) is 8.46. The molecule has 0 saturated heterocycles. The van der Waals surface area contributed by atoms with E-state index in [1.807, 2.05) is 48.5 Å². The molecule has 0 unspecified atom stereocenters. The number of halogens is 1. The van der Waals surface area contributed by atoms with E-state index in [1.165, 1.54) is 5.56 Å². The molecule has 0 amide bonds. The highest BCUT2D eigenvalue weighted by Gasteiger charge is 2.16. The molecule has 0 spiro atoms. The molecule has 0 aliphatic carbocycles. The number of fused-ring (bicyclic) bond motifs is 1. The normalized spacial score (nSPS) is 11.7. The molecule has 4 aromatic rings. The highest BCUT2D eigenvalue weighted by molar-refractivity contribution is 6.30. The molecule has 0 aliphatic rings. The summed E-state index contributed by atoms with van der Waals surface area (Å²) in [5.41, 5.74) is 5.56. The lowest BCUT2D eigenvalue weighted by Crippen LogP contribution is -2.11. The summed E-state index contributed by atoms with van der Waals surface area (Å²) in [6.45, 7) is 6.52. The first-order valence-electron chi connectivity index (χ1n) is 9.26. The Kier molecular flexibility index (Phi) is 4.60. The molecule has 140 valence electrons. The molecule has 3 heteroatoms. The largest absolute Gasteiger partial charge is 0.423 e. The number of rotatable bonds is 2. The molecule has 3 aromatic carbocycles. The van der Waals surface area contributed by atoms with Crippen LogP contribution in [-0.4, -0.2) is 0 Å². The molecular formula is C25H21ClO2. The van der Waals surface area contributed by atoms with Gasteiger partial charge in [0.2, 0.25) is 0 Å². The highest BCUT2D eigenvalue weighted by atomic mass is 35.5. The first kappa shape index (κ1) is 18.5. The number of hydrogen-bond donors (Lipinski definition) is 0. The second kappa shape index (κ2) is 6.96. The van der Waals surface area contributed by atoms with E-state index in [0.29, 0.717) is 5.58 Å². The van der Waals surface area contributed by atoms with Crippen LogP contribution in [0.1, 0.15) is 26.3 Å². The minimum Gasteiger partial charge on any atom is -0.423 e. The van der Waals surface area contributed by atoms with Crippen LogP contribution in [0.2, 0.25) is 5.02 Å². The molecule has 1 aromatic heterocycles. The predicted octanol–water partition coefficient (Wildman–Crippen LogP) is 7.08. The molecule has 0 bridgehead atoms. The van der Waals surface area contributed by atoms with Crippen LogP contribution in [0.4, 0.5) is 0 Å². The molecular weight excluding hydrogens is 368 g/mol. The van der Waals surface area contributed by atoms with Crippen LogP contribution in [-0.2, 0) is 5.41 Å². The fraction of sp³-hybridized carbons (Fsp3) is 0.160. The van der Waals surface area contributed by atoms with Crippen molar-refractivity contribution in [2.24, 2.45) is 0 Å². The number of hydrogen-bond acceptors (Lipinski definition) is 2. The monoisotopic (exact) mass is 388 g/mol. The Morgan fingerprint density at radius 3 is 1.93 bits per heavy atom. The van der Waals surface area contributed by atoms with Crippen LogP contribution in [0.15, 0.2) is 82.0 Å². The summed E-state index contributed by atoms with van der Waals surface area (Å²) in [7, 11) is 0. The van der Waals surface area contributed by atoms with Crippen molar-refractivity contribution in [2.75, 3.05) is 0 Å². The molecule has 0 N–H and O–H groups in total. The maximum absolute atomic E-state index is 12.1. The lowest BCUT2D eigenvalue weighted by molar-refractivity contribution is 0.559. The van der Waals surface area contributed by atoms with E-state index in [2.05, 4.69) is 39.0 Å². The Bertz CT molecular complexity index is 1190. The van der Waals surface area contributed by atoms with Crippen molar-refractivity contribution in [1.29, 1.82) is 0 Å². The van der Waals surface area contributed by atoms with Gasteiger partial charge in [0.05, 0.1) is 0 Å². The van der Waals surface area contributed by atoms with Crippen molar-refractivity contribution in [3.63, 3.8) is 0 Å². The summed E-state index contributed by atoms with van der Waals surface area (Å²) in [5.74, 6) is 0. The van der Waals surface area contributed by atoms with E-state index in [1.54, 1.807) is 6.07 Å². The van der Waals surface area contributed by atoms with Crippen LogP contribution >= 0.6 is 11.6 Å². The molecule has 4 rings (SSSR count). The van der Waals surface area contributed by atoms with Gasteiger partial charge in [0.25, 0.3) is 0 Å². The summed E-state index contributed by atoms with van der Waals surface area (Å²) in [4.78, 5) is 12.1. The molecule has 0 aliphatic heterocycles. The fourth-order valence-electron chi connectivity index (χ4n) is 3.35. The molecule has 0 atom stereocenters. The second-order valence-electron chi connectivity index (χ2n) is 8.02. The van der Waals surface area contributed by atoms with E-state index in [-0.39, 0.29) is 11.0 Å². The summed E-state index contributed by atoms with van der Waals surface area (Å²) in [6.07, 6.45) is 0. The molecule has 1 heterocycles. The van der Waals surface area contributed by atoms with Crippen LogP contribution < -0.4 is 5.63 Å². The molecule has 0 saturated carbocycles. The van der Waals surface area contributed by atoms with Gasteiger partial charge in [-0.1, -0.05) is 74.8 Å². The quantitative estimate of drug-likeness (QED) is 0.343. The minimum absolute atomic E-state index is 0.0139. The maximum atomic E-state index is 12.1. The Balaban J connectivity index is 1.83. The van der Waals surface area contributed by atoms with Gasteiger partial charge in [-0.25, -0.2) is 4.79 Å². The van der Waals surface area contributed by atoms with Crippen molar-refractivity contribution in [3.8, 4) is 22.3 Å². The third kappa shape index (κ3) is 3.61. The number of benzene rings is 3. The zero-order valence-corrected chi connectivity index (χ0v) is 16.9. The standard InChI is InChI=1S/C25H21ClO2/c1-25(2,3)19-10-13-23-22(14-19)21(15-24(27)28-23)18-6-4-16(5-7-18)17-8-11-20(26)12-9-17/h4-15H,1-3H3. The van der Waals surface area contributed by atoms with Crippen molar-refractivity contribution in [3.05, 3.63) is 93.8 Å². The average Bonchev–Trinajstić information content (AvgIpc) is 2.67. The predicted molar refractivity (Wildman–Crippen MR) is 117 cm³/mol. The maximum Gasteiger partial charge on any atom is 0.336 e. The van der Waals surface area contributed by atoms with Gasteiger partial charge in [0.15, 0.2) is 0 Å². The van der Waals surface area contributed by atoms with Gasteiger partial charge in [0, 0.05) is 16.5 Å². The van der Waals surface area contributed by atoms with Crippen LogP contribution in [0, 0.1) is 0 Å². The van der Waals surface area contributed by atoms with Gasteiger partial charge < -0.3 is 4.42 Å². The molecule has 0 radical (unpaired) electrons. The minimum atomic E-state index is -0.340. The van der Waals surface area contributed by atoms with Gasteiger partial charge in [-0.15, -0.1) is 0 Å². The van der Waals surface area contributed by atoms with Gasteiger partial charge in [-0.05, 0) is 57.5 Å². The van der Waals surface area contributed by atoms with Gasteiger partial charge in [-0.2, -0.15) is 0 Å².